The molecular formula is C14H22N4O. The summed E-state index contributed by atoms with van der Waals surface area (Å²) in [6.45, 7) is 0.935. The molecule has 1 aromatic rings. The van der Waals surface area contributed by atoms with E-state index in [2.05, 4.69) is 15.3 Å². The van der Waals surface area contributed by atoms with Gasteiger partial charge in [-0.2, -0.15) is 0 Å². The number of carbonyl (C=O) groups is 1. The molecule has 2 rings (SSSR count). The van der Waals surface area contributed by atoms with Crippen LogP contribution in [0.15, 0.2) is 18.6 Å². The van der Waals surface area contributed by atoms with E-state index in [0.29, 0.717) is 0 Å². The smallest absolute Gasteiger partial charge is 0.242 e. The molecule has 5 heteroatoms. The summed E-state index contributed by atoms with van der Waals surface area (Å²) in [5, 5.41) is 3.41. The van der Waals surface area contributed by atoms with Gasteiger partial charge < -0.3 is 10.2 Å². The highest BCUT2D eigenvalue weighted by Gasteiger charge is 2.41. The molecule has 0 spiro atoms. The molecule has 0 unspecified atom stereocenters. The van der Waals surface area contributed by atoms with Crippen LogP contribution in [-0.4, -0.2) is 47.0 Å². The monoisotopic (exact) mass is 262 g/mol. The quantitative estimate of drug-likeness (QED) is 0.860. The van der Waals surface area contributed by atoms with Crippen LogP contribution in [0.2, 0.25) is 0 Å². The molecule has 0 bridgehead atoms. The highest BCUT2D eigenvalue weighted by Crippen LogP contribution is 2.27. The van der Waals surface area contributed by atoms with Crippen LogP contribution in [0.5, 0.6) is 0 Å². The van der Waals surface area contributed by atoms with E-state index in [0.717, 1.165) is 44.3 Å². The second-order valence-electron chi connectivity index (χ2n) is 5.36. The maximum atomic E-state index is 12.3. The number of carbonyl (C=O) groups excluding carboxylic acids is 1. The zero-order valence-corrected chi connectivity index (χ0v) is 11.7. The van der Waals surface area contributed by atoms with Crippen LogP contribution in [0.4, 0.5) is 0 Å². The van der Waals surface area contributed by atoms with Crippen molar-refractivity contribution in [2.24, 2.45) is 0 Å². The van der Waals surface area contributed by atoms with E-state index in [9.17, 15) is 4.79 Å². The van der Waals surface area contributed by atoms with Gasteiger partial charge in [0.2, 0.25) is 5.91 Å². The fourth-order valence-electron chi connectivity index (χ4n) is 2.77. The SMILES string of the molecule is CN(C)C(=O)[C@@]1(CCCc2cnccn2)CCCN1. The van der Waals surface area contributed by atoms with E-state index in [1.54, 1.807) is 23.5 Å². The Morgan fingerprint density at radius 2 is 2.32 bits per heavy atom. The van der Waals surface area contributed by atoms with Crippen LogP contribution < -0.4 is 5.32 Å². The van der Waals surface area contributed by atoms with E-state index < -0.39 is 0 Å². The van der Waals surface area contributed by atoms with E-state index >= 15 is 0 Å². The van der Waals surface area contributed by atoms with Gasteiger partial charge in [0.25, 0.3) is 0 Å². The van der Waals surface area contributed by atoms with Crippen molar-refractivity contribution in [3.05, 3.63) is 24.3 Å². The van der Waals surface area contributed by atoms with Crippen molar-refractivity contribution in [3.8, 4) is 0 Å². The van der Waals surface area contributed by atoms with Gasteiger partial charge in [0, 0.05) is 32.7 Å². The van der Waals surface area contributed by atoms with E-state index in [1.165, 1.54) is 0 Å². The molecule has 1 atom stereocenters. The van der Waals surface area contributed by atoms with E-state index in [-0.39, 0.29) is 11.4 Å². The third-order valence-corrected chi connectivity index (χ3v) is 3.71. The van der Waals surface area contributed by atoms with Gasteiger partial charge in [0.05, 0.1) is 11.2 Å². The minimum absolute atomic E-state index is 0.198. The molecule has 1 aliphatic rings. The Hall–Kier alpha value is -1.49. The molecule has 5 nitrogen and oxygen atoms in total. The van der Waals surface area contributed by atoms with Crippen LogP contribution in [0, 0.1) is 0 Å². The van der Waals surface area contributed by atoms with Crippen molar-refractivity contribution < 1.29 is 4.79 Å². The highest BCUT2D eigenvalue weighted by molar-refractivity contribution is 5.86. The Bertz CT molecular complexity index is 413. The van der Waals surface area contributed by atoms with Crippen LogP contribution in [0.1, 0.15) is 31.4 Å². The second-order valence-corrected chi connectivity index (χ2v) is 5.36. The summed E-state index contributed by atoms with van der Waals surface area (Å²) in [6.07, 6.45) is 9.88. The maximum absolute atomic E-state index is 12.3. The number of aromatic nitrogens is 2. The molecule has 104 valence electrons. The van der Waals surface area contributed by atoms with Crippen LogP contribution in [-0.2, 0) is 11.2 Å². The first kappa shape index (κ1) is 13.9. The summed E-state index contributed by atoms with van der Waals surface area (Å²) >= 11 is 0. The first-order chi connectivity index (χ1) is 9.14. The summed E-state index contributed by atoms with van der Waals surface area (Å²) in [5.74, 6) is 0.198. The van der Waals surface area contributed by atoms with E-state index in [1.807, 2.05) is 14.1 Å². The third kappa shape index (κ3) is 3.29. The van der Waals surface area contributed by atoms with Gasteiger partial charge in [-0.3, -0.25) is 14.8 Å². The lowest BCUT2D eigenvalue weighted by Crippen LogP contribution is -2.53. The molecule has 0 saturated carbocycles. The standard InChI is InChI=1S/C14H22N4O/c1-18(2)13(19)14(7-4-8-17-14)6-3-5-12-11-15-9-10-16-12/h9-11,17H,3-8H2,1-2H3/t14-/m1/s1. The second kappa shape index (κ2) is 6.10. The fourth-order valence-corrected chi connectivity index (χ4v) is 2.77. The molecule has 1 fully saturated rings. The van der Waals surface area contributed by atoms with Crippen LogP contribution in [0.25, 0.3) is 0 Å². The molecule has 1 N–H and O–H groups in total. The van der Waals surface area contributed by atoms with Crippen molar-refractivity contribution in [3.63, 3.8) is 0 Å². The molecule has 1 saturated heterocycles. The minimum atomic E-state index is -0.355. The lowest BCUT2D eigenvalue weighted by molar-refractivity contribution is -0.135. The zero-order chi connectivity index (χ0) is 13.7. The molecule has 0 radical (unpaired) electrons. The predicted molar refractivity (Wildman–Crippen MR) is 73.6 cm³/mol. The third-order valence-electron chi connectivity index (χ3n) is 3.71. The summed E-state index contributed by atoms with van der Waals surface area (Å²) in [5.41, 5.74) is 0.638. The van der Waals surface area contributed by atoms with E-state index in [4.69, 9.17) is 0 Å². The van der Waals surface area contributed by atoms with Gasteiger partial charge in [0.1, 0.15) is 0 Å². The fraction of sp³-hybridized carbons (Fsp3) is 0.643. The summed E-state index contributed by atoms with van der Waals surface area (Å²) in [6, 6.07) is 0. The minimum Gasteiger partial charge on any atom is -0.347 e. The van der Waals surface area contributed by atoms with Crippen molar-refractivity contribution in [1.29, 1.82) is 0 Å². The number of rotatable bonds is 5. The number of nitrogens with zero attached hydrogens (tertiary/aromatic N) is 3. The van der Waals surface area contributed by atoms with Crippen molar-refractivity contribution in [2.75, 3.05) is 20.6 Å². The van der Waals surface area contributed by atoms with Gasteiger partial charge >= 0.3 is 0 Å². The predicted octanol–water partition coefficient (Wildman–Crippen LogP) is 1.01. The number of aryl methyl sites for hydroxylation is 1. The summed E-state index contributed by atoms with van der Waals surface area (Å²) in [7, 11) is 3.65. The zero-order valence-electron chi connectivity index (χ0n) is 11.7. The van der Waals surface area contributed by atoms with Crippen molar-refractivity contribution in [2.45, 2.75) is 37.6 Å². The lowest BCUT2D eigenvalue weighted by Gasteiger charge is -2.31. The molecule has 19 heavy (non-hydrogen) atoms. The average molecular weight is 262 g/mol. The number of likely N-dealkylation sites (N-methyl/N-ethyl adjacent to an activating group) is 1. The summed E-state index contributed by atoms with van der Waals surface area (Å²) in [4.78, 5) is 22.4. The summed E-state index contributed by atoms with van der Waals surface area (Å²) < 4.78 is 0. The lowest BCUT2D eigenvalue weighted by atomic mass is 9.89. The first-order valence-electron chi connectivity index (χ1n) is 6.86. The Morgan fingerprint density at radius 3 is 2.89 bits per heavy atom. The topological polar surface area (TPSA) is 58.1 Å². The molecule has 1 aromatic heterocycles. The Balaban J connectivity index is 1.93. The molecule has 1 aliphatic heterocycles. The Labute approximate surface area is 114 Å². The number of hydrogen-bond acceptors (Lipinski definition) is 4. The van der Waals surface area contributed by atoms with Crippen molar-refractivity contribution >= 4 is 5.91 Å². The van der Waals surface area contributed by atoms with Gasteiger partial charge in [-0.1, -0.05) is 0 Å². The first-order valence-corrected chi connectivity index (χ1v) is 6.86. The number of nitrogens with one attached hydrogen (secondary N) is 1. The maximum Gasteiger partial charge on any atom is 0.242 e. The molecule has 0 aliphatic carbocycles. The van der Waals surface area contributed by atoms with Gasteiger partial charge in [-0.15, -0.1) is 0 Å². The number of hydrogen-bond donors (Lipinski definition) is 1. The van der Waals surface area contributed by atoms with Gasteiger partial charge in [-0.05, 0) is 38.6 Å². The van der Waals surface area contributed by atoms with Gasteiger partial charge in [0.15, 0.2) is 0 Å². The number of amides is 1. The Kier molecular flexibility index (Phi) is 4.47. The Morgan fingerprint density at radius 1 is 1.47 bits per heavy atom. The van der Waals surface area contributed by atoms with Crippen molar-refractivity contribution in [1.82, 2.24) is 20.2 Å². The molecule has 1 amide bonds. The normalized spacial score (nSPS) is 22.4. The molecule has 0 aromatic carbocycles. The van der Waals surface area contributed by atoms with Crippen LogP contribution in [0.3, 0.4) is 0 Å². The average Bonchev–Trinajstić information content (AvgIpc) is 2.89. The van der Waals surface area contributed by atoms with Gasteiger partial charge in [-0.25, -0.2) is 0 Å². The highest BCUT2D eigenvalue weighted by atomic mass is 16.2. The molecule has 2 heterocycles. The molecular weight excluding hydrogens is 240 g/mol. The van der Waals surface area contributed by atoms with Crippen LogP contribution >= 0.6 is 0 Å². The largest absolute Gasteiger partial charge is 0.347 e.